The maximum atomic E-state index is 10.8. The van der Waals surface area contributed by atoms with Crippen molar-refractivity contribution in [1.29, 1.82) is 0 Å². The second-order valence-electron chi connectivity index (χ2n) is 4.07. The molecule has 0 aromatic rings. The Hall–Kier alpha value is -1.05. The van der Waals surface area contributed by atoms with Gasteiger partial charge in [-0.05, 0) is 13.8 Å². The number of carbonyl (C=O) groups is 1. The summed E-state index contributed by atoms with van der Waals surface area (Å²) in [6.45, 7) is 8.18. The van der Waals surface area contributed by atoms with Gasteiger partial charge in [-0.3, -0.25) is 14.6 Å². The molecule has 1 rings (SSSR count). The molecule has 1 atom stereocenters. The highest BCUT2D eigenvalue weighted by atomic mass is 16.4. The van der Waals surface area contributed by atoms with Crippen LogP contribution >= 0.6 is 0 Å². The summed E-state index contributed by atoms with van der Waals surface area (Å²) in [7, 11) is 0. The molecule has 0 bridgehead atoms. The number of aliphatic carboxylic acids is 1. The third-order valence-corrected chi connectivity index (χ3v) is 3.04. The van der Waals surface area contributed by atoms with Crippen LogP contribution in [0.2, 0.25) is 0 Å². The largest absolute Gasteiger partial charge is 0.480 e. The van der Waals surface area contributed by atoms with Gasteiger partial charge < -0.3 is 5.11 Å². The van der Waals surface area contributed by atoms with Crippen LogP contribution in [0.25, 0.3) is 0 Å². The zero-order valence-electron chi connectivity index (χ0n) is 10.1. The van der Waals surface area contributed by atoms with Gasteiger partial charge >= 0.3 is 5.97 Å². The summed E-state index contributed by atoms with van der Waals surface area (Å²) >= 11 is 0. The van der Waals surface area contributed by atoms with Gasteiger partial charge in [-0.15, -0.1) is 11.8 Å². The molecule has 1 fully saturated rings. The van der Waals surface area contributed by atoms with E-state index < -0.39 is 5.97 Å². The normalized spacial score (nSPS) is 19.9. The summed E-state index contributed by atoms with van der Waals surface area (Å²) in [5.41, 5.74) is 0. The van der Waals surface area contributed by atoms with Gasteiger partial charge in [-0.2, -0.15) is 0 Å². The van der Waals surface area contributed by atoms with Crippen LogP contribution in [0.3, 0.4) is 0 Å². The van der Waals surface area contributed by atoms with Gasteiger partial charge in [0.1, 0.15) is 6.04 Å². The summed E-state index contributed by atoms with van der Waals surface area (Å²) in [5, 5.41) is 8.90. The molecule has 0 aromatic heterocycles. The van der Waals surface area contributed by atoms with Crippen LogP contribution in [0.4, 0.5) is 0 Å². The number of hydrogen-bond acceptors (Lipinski definition) is 3. The van der Waals surface area contributed by atoms with Gasteiger partial charge in [0.05, 0.1) is 0 Å². The maximum absolute atomic E-state index is 10.8. The van der Waals surface area contributed by atoms with E-state index in [1.807, 2.05) is 11.8 Å². The highest BCUT2D eigenvalue weighted by molar-refractivity contribution is 5.72. The quantitative estimate of drug-likeness (QED) is 0.706. The third-order valence-electron chi connectivity index (χ3n) is 3.04. The molecule has 16 heavy (non-hydrogen) atoms. The zero-order valence-corrected chi connectivity index (χ0v) is 10.1. The predicted octanol–water partition coefficient (Wildman–Crippen LogP) is 0.490. The second-order valence-corrected chi connectivity index (χ2v) is 4.07. The van der Waals surface area contributed by atoms with Crippen molar-refractivity contribution in [3.05, 3.63) is 0 Å². The predicted molar refractivity (Wildman–Crippen MR) is 63.2 cm³/mol. The van der Waals surface area contributed by atoms with Gasteiger partial charge in [-0.1, -0.05) is 0 Å². The van der Waals surface area contributed by atoms with Crippen molar-refractivity contribution in [2.45, 2.75) is 26.3 Å². The second kappa shape index (κ2) is 6.51. The average molecular weight is 224 g/mol. The van der Waals surface area contributed by atoms with E-state index in [1.54, 1.807) is 6.92 Å². The molecule has 1 aliphatic rings. The first-order valence-corrected chi connectivity index (χ1v) is 5.74. The van der Waals surface area contributed by atoms with Gasteiger partial charge in [-0.25, -0.2) is 0 Å². The molecule has 0 aromatic carbocycles. The minimum atomic E-state index is -0.731. The number of carboxylic acids is 1. The molecule has 1 aliphatic heterocycles. The molecular weight excluding hydrogens is 204 g/mol. The molecule has 0 saturated carbocycles. The topological polar surface area (TPSA) is 43.8 Å². The summed E-state index contributed by atoms with van der Waals surface area (Å²) in [6.07, 6.45) is 0.908. The number of nitrogens with zero attached hydrogens (tertiary/aromatic N) is 2. The van der Waals surface area contributed by atoms with Crippen LogP contribution in [0, 0.1) is 11.8 Å². The van der Waals surface area contributed by atoms with Crippen LogP contribution in [-0.4, -0.2) is 59.6 Å². The lowest BCUT2D eigenvalue weighted by Gasteiger charge is -2.36. The van der Waals surface area contributed by atoms with Gasteiger partial charge in [0.2, 0.25) is 0 Å². The highest BCUT2D eigenvalue weighted by Gasteiger charge is 2.24. The van der Waals surface area contributed by atoms with Crippen molar-refractivity contribution in [2.75, 3.05) is 32.7 Å². The summed E-state index contributed by atoms with van der Waals surface area (Å²) in [6, 6.07) is -0.363. The van der Waals surface area contributed by atoms with E-state index >= 15 is 0 Å². The minimum absolute atomic E-state index is 0.363. The van der Waals surface area contributed by atoms with Crippen molar-refractivity contribution in [3.8, 4) is 11.8 Å². The Morgan fingerprint density at radius 3 is 2.50 bits per heavy atom. The Morgan fingerprint density at radius 1 is 1.38 bits per heavy atom. The van der Waals surface area contributed by atoms with Crippen LogP contribution in [0.1, 0.15) is 20.3 Å². The first kappa shape index (κ1) is 13.0. The lowest BCUT2D eigenvalue weighted by atomic mass is 10.2. The lowest BCUT2D eigenvalue weighted by molar-refractivity contribution is -0.143. The van der Waals surface area contributed by atoms with E-state index in [1.165, 1.54) is 0 Å². The van der Waals surface area contributed by atoms with E-state index in [4.69, 9.17) is 5.11 Å². The molecular formula is C12H20N2O2. The van der Waals surface area contributed by atoms with Crippen LogP contribution in [0.5, 0.6) is 0 Å². The molecule has 90 valence electrons. The first-order chi connectivity index (χ1) is 7.65. The summed E-state index contributed by atoms with van der Waals surface area (Å²) in [4.78, 5) is 15.2. The van der Waals surface area contributed by atoms with Crippen molar-refractivity contribution in [1.82, 2.24) is 9.80 Å². The zero-order chi connectivity index (χ0) is 12.0. The molecule has 0 spiro atoms. The number of hydrogen-bond donors (Lipinski definition) is 1. The van der Waals surface area contributed by atoms with E-state index in [0.29, 0.717) is 0 Å². The monoisotopic (exact) mass is 224 g/mol. The fourth-order valence-electron chi connectivity index (χ4n) is 1.87. The molecule has 1 N–H and O–H groups in total. The Kier molecular flexibility index (Phi) is 5.30. The third kappa shape index (κ3) is 3.84. The molecule has 1 unspecified atom stereocenters. The van der Waals surface area contributed by atoms with Crippen LogP contribution in [-0.2, 0) is 4.79 Å². The fourth-order valence-corrected chi connectivity index (χ4v) is 1.87. The van der Waals surface area contributed by atoms with Crippen molar-refractivity contribution < 1.29 is 9.90 Å². The number of piperazine rings is 1. The molecule has 0 radical (unpaired) electrons. The molecule has 4 heteroatoms. The van der Waals surface area contributed by atoms with E-state index in [2.05, 4.69) is 16.7 Å². The smallest absolute Gasteiger partial charge is 0.320 e. The molecule has 4 nitrogen and oxygen atoms in total. The van der Waals surface area contributed by atoms with Crippen LogP contribution < -0.4 is 0 Å². The van der Waals surface area contributed by atoms with E-state index in [9.17, 15) is 4.79 Å². The first-order valence-electron chi connectivity index (χ1n) is 5.74. The Labute approximate surface area is 97.2 Å². The van der Waals surface area contributed by atoms with Crippen molar-refractivity contribution in [3.63, 3.8) is 0 Å². The fraction of sp³-hybridized carbons (Fsp3) is 0.750. The highest BCUT2D eigenvalue weighted by Crippen LogP contribution is 2.06. The van der Waals surface area contributed by atoms with Gasteiger partial charge in [0.15, 0.2) is 0 Å². The molecule has 0 amide bonds. The Morgan fingerprint density at radius 2 is 2.00 bits per heavy atom. The Bertz CT molecular complexity index is 285. The van der Waals surface area contributed by atoms with Crippen LogP contribution in [0.15, 0.2) is 0 Å². The number of carboxylic acid groups (broad SMARTS) is 1. The standard InChI is InChI=1S/C12H20N2O2/c1-3-4-5-6-13-7-9-14(10-8-13)11(2)12(15)16/h11H,5-10H2,1-2H3,(H,15,16). The summed E-state index contributed by atoms with van der Waals surface area (Å²) < 4.78 is 0. The van der Waals surface area contributed by atoms with Crippen molar-refractivity contribution >= 4 is 5.97 Å². The minimum Gasteiger partial charge on any atom is -0.480 e. The Balaban J connectivity index is 2.27. The van der Waals surface area contributed by atoms with Gasteiger partial charge in [0.25, 0.3) is 0 Å². The SMILES string of the molecule is CC#CCCN1CCN(C(C)C(=O)O)CC1. The lowest BCUT2D eigenvalue weighted by Crippen LogP contribution is -2.51. The average Bonchev–Trinajstić information content (AvgIpc) is 2.29. The van der Waals surface area contributed by atoms with E-state index in [-0.39, 0.29) is 6.04 Å². The maximum Gasteiger partial charge on any atom is 0.320 e. The molecule has 1 saturated heterocycles. The number of rotatable bonds is 4. The van der Waals surface area contributed by atoms with Gasteiger partial charge in [0, 0.05) is 39.1 Å². The summed E-state index contributed by atoms with van der Waals surface area (Å²) in [5.74, 6) is 5.20. The van der Waals surface area contributed by atoms with E-state index in [0.717, 1.165) is 39.1 Å². The molecule has 1 heterocycles. The van der Waals surface area contributed by atoms with Crippen molar-refractivity contribution in [2.24, 2.45) is 0 Å². The molecule has 0 aliphatic carbocycles.